The summed E-state index contributed by atoms with van der Waals surface area (Å²) in [5, 5.41) is 9.68. The van der Waals surface area contributed by atoms with Crippen molar-refractivity contribution >= 4 is 5.91 Å². The Morgan fingerprint density at radius 3 is 2.72 bits per heavy atom. The van der Waals surface area contributed by atoms with Crippen LogP contribution in [-0.2, 0) is 4.79 Å². The van der Waals surface area contributed by atoms with E-state index in [1.165, 1.54) is 13.0 Å². The van der Waals surface area contributed by atoms with Crippen molar-refractivity contribution in [1.29, 1.82) is 0 Å². The van der Waals surface area contributed by atoms with E-state index in [2.05, 4.69) is 27.8 Å². The molecule has 1 atom stereocenters. The molecule has 0 spiro atoms. The first-order valence-corrected chi connectivity index (χ1v) is 7.26. The molecular formula is C13H26N4O. The van der Waals surface area contributed by atoms with E-state index in [9.17, 15) is 4.79 Å². The summed E-state index contributed by atoms with van der Waals surface area (Å²) in [7, 11) is 0. The minimum atomic E-state index is -0.0487. The fourth-order valence-corrected chi connectivity index (χ4v) is 2.76. The molecule has 0 radical (unpaired) electrons. The molecule has 2 saturated heterocycles. The molecule has 1 unspecified atom stereocenters. The number of piperazine rings is 1. The van der Waals surface area contributed by atoms with E-state index in [1.54, 1.807) is 0 Å². The number of carbonyl (C=O) groups excluding carboxylic acids is 1. The van der Waals surface area contributed by atoms with Crippen molar-refractivity contribution in [3.8, 4) is 0 Å². The molecule has 3 N–H and O–H groups in total. The van der Waals surface area contributed by atoms with Crippen LogP contribution in [-0.4, -0.2) is 62.2 Å². The lowest BCUT2D eigenvalue weighted by molar-refractivity contribution is -0.124. The van der Waals surface area contributed by atoms with Gasteiger partial charge in [0.15, 0.2) is 0 Å². The summed E-state index contributed by atoms with van der Waals surface area (Å²) in [5.74, 6) is 0.163. The van der Waals surface area contributed by atoms with Crippen molar-refractivity contribution in [2.24, 2.45) is 0 Å². The van der Waals surface area contributed by atoms with Gasteiger partial charge < -0.3 is 20.9 Å². The van der Waals surface area contributed by atoms with Gasteiger partial charge in [-0.2, -0.15) is 0 Å². The van der Waals surface area contributed by atoms with Crippen molar-refractivity contribution < 1.29 is 4.79 Å². The number of nitrogens with one attached hydrogen (secondary N) is 3. The summed E-state index contributed by atoms with van der Waals surface area (Å²) in [6.45, 7) is 8.24. The Morgan fingerprint density at radius 2 is 2.11 bits per heavy atom. The second-order valence-corrected chi connectivity index (χ2v) is 5.34. The summed E-state index contributed by atoms with van der Waals surface area (Å²) in [6, 6.07) is 0.321. The molecule has 2 fully saturated rings. The predicted octanol–water partition coefficient (Wildman–Crippen LogP) is -0.462. The van der Waals surface area contributed by atoms with Crippen LogP contribution in [0.15, 0.2) is 0 Å². The van der Waals surface area contributed by atoms with Crippen LogP contribution < -0.4 is 16.0 Å². The highest BCUT2D eigenvalue weighted by Crippen LogP contribution is 2.10. The molecule has 0 aromatic heterocycles. The Kier molecular flexibility index (Phi) is 5.41. The maximum absolute atomic E-state index is 12.0. The fraction of sp³-hybridized carbons (Fsp3) is 0.923. The highest BCUT2D eigenvalue weighted by molar-refractivity contribution is 5.82. The molecule has 104 valence electrons. The Hall–Kier alpha value is -0.650. The van der Waals surface area contributed by atoms with Gasteiger partial charge in [0.25, 0.3) is 0 Å². The minimum absolute atomic E-state index is 0.0487. The Bertz CT molecular complexity index is 258. The van der Waals surface area contributed by atoms with Crippen LogP contribution in [0, 0.1) is 0 Å². The molecule has 0 aromatic rings. The molecule has 0 aromatic carbocycles. The third-order valence-corrected chi connectivity index (χ3v) is 3.83. The number of hydrogen-bond donors (Lipinski definition) is 3. The Labute approximate surface area is 110 Å². The molecule has 2 heterocycles. The van der Waals surface area contributed by atoms with Crippen LogP contribution in [0.25, 0.3) is 0 Å². The van der Waals surface area contributed by atoms with Gasteiger partial charge in [-0.15, -0.1) is 0 Å². The van der Waals surface area contributed by atoms with Gasteiger partial charge in [-0.05, 0) is 25.8 Å². The molecule has 1 amide bonds. The van der Waals surface area contributed by atoms with Crippen molar-refractivity contribution in [3.05, 3.63) is 0 Å². The zero-order chi connectivity index (χ0) is 12.8. The molecule has 0 saturated carbocycles. The van der Waals surface area contributed by atoms with Gasteiger partial charge in [0.1, 0.15) is 0 Å². The third kappa shape index (κ3) is 3.93. The second-order valence-electron chi connectivity index (χ2n) is 5.34. The van der Waals surface area contributed by atoms with Gasteiger partial charge in [0.2, 0.25) is 5.91 Å². The van der Waals surface area contributed by atoms with Crippen molar-refractivity contribution in [2.75, 3.05) is 39.3 Å². The number of nitrogens with zero attached hydrogens (tertiary/aromatic N) is 1. The molecular weight excluding hydrogens is 228 g/mol. The zero-order valence-corrected chi connectivity index (χ0v) is 11.4. The van der Waals surface area contributed by atoms with E-state index in [0.717, 1.165) is 45.6 Å². The van der Waals surface area contributed by atoms with Gasteiger partial charge in [0.05, 0.1) is 6.04 Å². The highest BCUT2D eigenvalue weighted by atomic mass is 16.2. The topological polar surface area (TPSA) is 56.4 Å². The van der Waals surface area contributed by atoms with E-state index in [1.807, 2.05) is 0 Å². The number of piperidine rings is 1. The van der Waals surface area contributed by atoms with Crippen molar-refractivity contribution in [3.63, 3.8) is 0 Å². The third-order valence-electron chi connectivity index (χ3n) is 3.83. The maximum atomic E-state index is 12.0. The molecule has 2 rings (SSSR count). The summed E-state index contributed by atoms with van der Waals surface area (Å²) in [4.78, 5) is 14.5. The van der Waals surface area contributed by atoms with Gasteiger partial charge in [0, 0.05) is 38.8 Å². The number of amides is 1. The van der Waals surface area contributed by atoms with Crippen LogP contribution >= 0.6 is 0 Å². The normalized spacial score (nSPS) is 27.1. The number of rotatable bonds is 4. The maximum Gasteiger partial charge on any atom is 0.238 e. The highest BCUT2D eigenvalue weighted by Gasteiger charge is 2.25. The van der Waals surface area contributed by atoms with E-state index in [0.29, 0.717) is 6.04 Å². The standard InChI is InChI=1S/C13H26N4O/c1-2-7-17-8-3-11(4-9-17)16-13(18)12-10-14-5-6-15-12/h11-12,14-15H,2-10H2,1H3,(H,16,18). The molecule has 18 heavy (non-hydrogen) atoms. The smallest absolute Gasteiger partial charge is 0.238 e. The molecule has 5 nitrogen and oxygen atoms in total. The number of likely N-dealkylation sites (tertiary alicyclic amines) is 1. The quantitative estimate of drug-likeness (QED) is 0.635. The Balaban J connectivity index is 1.68. The lowest BCUT2D eigenvalue weighted by atomic mass is 10.0. The van der Waals surface area contributed by atoms with Crippen molar-refractivity contribution in [2.45, 2.75) is 38.3 Å². The Morgan fingerprint density at radius 1 is 1.33 bits per heavy atom. The fourth-order valence-electron chi connectivity index (χ4n) is 2.76. The average Bonchev–Trinajstić information content (AvgIpc) is 2.42. The lowest BCUT2D eigenvalue weighted by Crippen LogP contribution is -2.58. The van der Waals surface area contributed by atoms with E-state index < -0.39 is 0 Å². The van der Waals surface area contributed by atoms with Gasteiger partial charge in [-0.25, -0.2) is 0 Å². The first-order valence-electron chi connectivity index (χ1n) is 7.26. The SMILES string of the molecule is CCCN1CCC(NC(=O)C2CNCCN2)CC1. The number of hydrogen-bond acceptors (Lipinski definition) is 4. The van der Waals surface area contributed by atoms with Crippen LogP contribution in [0.5, 0.6) is 0 Å². The van der Waals surface area contributed by atoms with Crippen LogP contribution in [0.4, 0.5) is 0 Å². The molecule has 0 bridgehead atoms. The lowest BCUT2D eigenvalue weighted by Gasteiger charge is -2.33. The van der Waals surface area contributed by atoms with Gasteiger partial charge in [-0.1, -0.05) is 6.92 Å². The first-order chi connectivity index (χ1) is 8.79. The predicted molar refractivity (Wildman–Crippen MR) is 72.6 cm³/mol. The number of carbonyl (C=O) groups is 1. The minimum Gasteiger partial charge on any atom is -0.352 e. The largest absolute Gasteiger partial charge is 0.352 e. The van der Waals surface area contributed by atoms with Crippen LogP contribution in [0.2, 0.25) is 0 Å². The average molecular weight is 254 g/mol. The van der Waals surface area contributed by atoms with E-state index in [4.69, 9.17) is 0 Å². The van der Waals surface area contributed by atoms with Gasteiger partial charge >= 0.3 is 0 Å². The van der Waals surface area contributed by atoms with Crippen LogP contribution in [0.3, 0.4) is 0 Å². The van der Waals surface area contributed by atoms with E-state index in [-0.39, 0.29) is 11.9 Å². The molecule has 2 aliphatic heterocycles. The summed E-state index contributed by atoms with van der Waals surface area (Å²) >= 11 is 0. The summed E-state index contributed by atoms with van der Waals surface area (Å²) in [5.41, 5.74) is 0. The monoisotopic (exact) mass is 254 g/mol. The summed E-state index contributed by atoms with van der Waals surface area (Å²) < 4.78 is 0. The summed E-state index contributed by atoms with van der Waals surface area (Å²) in [6.07, 6.45) is 3.40. The molecule has 0 aliphatic carbocycles. The molecule has 2 aliphatic rings. The second kappa shape index (κ2) is 7.07. The van der Waals surface area contributed by atoms with Crippen LogP contribution in [0.1, 0.15) is 26.2 Å². The van der Waals surface area contributed by atoms with E-state index >= 15 is 0 Å². The van der Waals surface area contributed by atoms with Gasteiger partial charge in [-0.3, -0.25) is 4.79 Å². The zero-order valence-electron chi connectivity index (χ0n) is 11.4. The van der Waals surface area contributed by atoms with Crippen molar-refractivity contribution in [1.82, 2.24) is 20.9 Å². The first kappa shape index (κ1) is 13.8. The molecule has 5 heteroatoms.